The monoisotopic (exact) mass is 471 g/mol. The maximum absolute atomic E-state index is 14.0. The Morgan fingerprint density at radius 2 is 2.11 bits per heavy atom. The molecule has 1 heterocycles. The van der Waals surface area contributed by atoms with Crippen LogP contribution in [0.5, 0.6) is 0 Å². The van der Waals surface area contributed by atoms with Crippen molar-refractivity contribution in [3.05, 3.63) is 44.4 Å². The molecule has 0 aliphatic heterocycles. The molecule has 0 spiro atoms. The normalized spacial score (nSPS) is 11.8. The average Bonchev–Trinajstić information content (AvgIpc) is 3.00. The Bertz CT molecular complexity index is 870. The van der Waals surface area contributed by atoms with Crippen molar-refractivity contribution in [3.8, 4) is 0 Å². The number of benzene rings is 1. The fourth-order valence-electron chi connectivity index (χ4n) is 1.89. The smallest absolute Gasteiger partial charge is 0.419 e. The summed E-state index contributed by atoms with van der Waals surface area (Å²) in [6.07, 6.45) is -4.48. The van der Waals surface area contributed by atoms with Gasteiger partial charge in [0.15, 0.2) is 0 Å². The molecule has 5 nitrogen and oxygen atoms in total. The molecule has 0 fully saturated rings. The Hall–Kier alpha value is -2.08. The molecule has 0 saturated heterocycles. The number of carbonyl (C=O) groups excluding carboxylic acids is 1. The second-order valence-corrected chi connectivity index (χ2v) is 6.65. The summed E-state index contributed by atoms with van der Waals surface area (Å²) in [5.74, 6) is -3.49. The van der Waals surface area contributed by atoms with Crippen LogP contribution in [0.1, 0.15) is 23.7 Å². The van der Waals surface area contributed by atoms with Crippen molar-refractivity contribution in [1.82, 2.24) is 4.98 Å². The number of hydrazone groups is 1. The third kappa shape index (κ3) is 5.45. The van der Waals surface area contributed by atoms with Gasteiger partial charge in [-0.1, -0.05) is 0 Å². The molecule has 146 valence electrons. The largest absolute Gasteiger partial charge is 0.466 e. The number of aromatic nitrogens is 1. The number of alkyl halides is 3. The van der Waals surface area contributed by atoms with Crippen LogP contribution >= 0.6 is 27.3 Å². The van der Waals surface area contributed by atoms with Crippen molar-refractivity contribution in [2.75, 3.05) is 12.0 Å². The number of nitrogens with one attached hydrogen (secondary N) is 1. The highest BCUT2D eigenvalue weighted by Crippen LogP contribution is 2.35. The average molecular weight is 472 g/mol. The van der Waals surface area contributed by atoms with E-state index in [-0.39, 0.29) is 18.2 Å². The molecule has 0 saturated carbocycles. The molecule has 0 atom stereocenters. The van der Waals surface area contributed by atoms with Gasteiger partial charge >= 0.3 is 12.1 Å². The molecule has 1 N–H and O–H groups in total. The van der Waals surface area contributed by atoms with E-state index in [1.54, 1.807) is 6.92 Å². The molecular weight excluding hydrogens is 461 g/mol. The molecule has 1 aromatic heterocycles. The number of nitrogens with zero attached hydrogens (tertiary/aromatic N) is 2. The van der Waals surface area contributed by atoms with Crippen LogP contribution in [0, 0.1) is 11.6 Å². The maximum atomic E-state index is 14.0. The number of hydrogen-bond donors (Lipinski definition) is 1. The third-order valence-corrected chi connectivity index (χ3v) is 4.40. The predicted molar refractivity (Wildman–Crippen MR) is 92.7 cm³/mol. The van der Waals surface area contributed by atoms with Crippen LogP contribution in [-0.4, -0.2) is 23.8 Å². The molecule has 0 unspecified atom stereocenters. The quantitative estimate of drug-likeness (QED) is 0.217. The fraction of sp³-hybridized carbons (Fsp3) is 0.267. The number of ether oxygens (including phenoxy) is 1. The van der Waals surface area contributed by atoms with Crippen molar-refractivity contribution in [3.63, 3.8) is 0 Å². The second-order valence-electron chi connectivity index (χ2n) is 4.94. The Morgan fingerprint density at radius 1 is 1.41 bits per heavy atom. The van der Waals surface area contributed by atoms with E-state index >= 15 is 0 Å². The van der Waals surface area contributed by atoms with Gasteiger partial charge < -0.3 is 4.74 Å². The number of rotatable bonds is 6. The lowest BCUT2D eigenvalue weighted by Crippen LogP contribution is -2.12. The van der Waals surface area contributed by atoms with Crippen molar-refractivity contribution in [2.24, 2.45) is 5.10 Å². The number of hydrogen-bond acceptors (Lipinski definition) is 6. The molecule has 0 radical (unpaired) electrons. The topological polar surface area (TPSA) is 63.6 Å². The van der Waals surface area contributed by atoms with Crippen LogP contribution in [0.3, 0.4) is 0 Å². The lowest BCUT2D eigenvalue weighted by atomic mass is 10.1. The van der Waals surface area contributed by atoms with E-state index < -0.39 is 39.4 Å². The zero-order valence-corrected chi connectivity index (χ0v) is 15.9. The first-order chi connectivity index (χ1) is 12.6. The van der Waals surface area contributed by atoms with Gasteiger partial charge in [-0.05, 0) is 28.9 Å². The van der Waals surface area contributed by atoms with E-state index in [0.29, 0.717) is 18.0 Å². The number of thiazole rings is 1. The first kappa shape index (κ1) is 21.2. The number of halogens is 6. The molecular formula is C15H11BrF5N3O2S. The van der Waals surface area contributed by atoms with Crippen molar-refractivity contribution < 1.29 is 31.5 Å². The predicted octanol–water partition coefficient (Wildman–Crippen LogP) is 4.75. The Kier molecular flexibility index (Phi) is 6.87. The third-order valence-electron chi connectivity index (χ3n) is 3.03. The number of anilines is 1. The van der Waals surface area contributed by atoms with Gasteiger partial charge in [0.05, 0.1) is 40.5 Å². The van der Waals surface area contributed by atoms with E-state index in [9.17, 15) is 26.7 Å². The van der Waals surface area contributed by atoms with Crippen LogP contribution in [-0.2, 0) is 22.1 Å². The fourth-order valence-corrected chi connectivity index (χ4v) is 3.00. The molecule has 2 aromatic rings. The van der Waals surface area contributed by atoms with Gasteiger partial charge in [-0.2, -0.15) is 18.3 Å². The molecule has 2 rings (SSSR count). The van der Waals surface area contributed by atoms with Crippen LogP contribution in [0.15, 0.2) is 21.0 Å². The van der Waals surface area contributed by atoms with Crippen molar-refractivity contribution in [2.45, 2.75) is 19.5 Å². The minimum absolute atomic E-state index is 0.0699. The minimum atomic E-state index is -4.99. The van der Waals surface area contributed by atoms with Crippen LogP contribution in [0.4, 0.5) is 27.1 Å². The first-order valence-corrected chi connectivity index (χ1v) is 8.94. The Balaban J connectivity index is 2.16. The first-order valence-electron chi connectivity index (χ1n) is 7.27. The summed E-state index contributed by atoms with van der Waals surface area (Å²) in [6.45, 7) is 1.88. The van der Waals surface area contributed by atoms with Gasteiger partial charge in [0.1, 0.15) is 11.6 Å². The van der Waals surface area contributed by atoms with Gasteiger partial charge in [-0.3, -0.25) is 10.2 Å². The summed E-state index contributed by atoms with van der Waals surface area (Å²) in [7, 11) is 0. The van der Waals surface area contributed by atoms with Crippen LogP contribution < -0.4 is 5.43 Å². The van der Waals surface area contributed by atoms with E-state index in [4.69, 9.17) is 4.74 Å². The molecule has 0 bridgehead atoms. The molecule has 0 aliphatic rings. The summed E-state index contributed by atoms with van der Waals surface area (Å²) in [5, 5.41) is 5.23. The van der Waals surface area contributed by atoms with Gasteiger partial charge in [0, 0.05) is 5.38 Å². The minimum Gasteiger partial charge on any atom is -0.466 e. The Morgan fingerprint density at radius 3 is 2.74 bits per heavy atom. The Labute approximate surface area is 162 Å². The molecule has 1 aromatic carbocycles. The number of esters is 1. The summed E-state index contributed by atoms with van der Waals surface area (Å²) >= 11 is 3.66. The van der Waals surface area contributed by atoms with Crippen LogP contribution in [0.25, 0.3) is 0 Å². The molecule has 12 heteroatoms. The lowest BCUT2D eigenvalue weighted by Gasteiger charge is -2.11. The van der Waals surface area contributed by atoms with Gasteiger partial charge in [-0.25, -0.2) is 13.8 Å². The van der Waals surface area contributed by atoms with Crippen molar-refractivity contribution in [1.29, 1.82) is 0 Å². The van der Waals surface area contributed by atoms with E-state index in [0.717, 1.165) is 11.3 Å². The van der Waals surface area contributed by atoms with Crippen LogP contribution in [0.2, 0.25) is 0 Å². The van der Waals surface area contributed by atoms with Crippen molar-refractivity contribution >= 4 is 44.6 Å². The van der Waals surface area contributed by atoms with E-state index in [2.05, 4.69) is 31.4 Å². The SMILES string of the molecule is CCOC(=O)Cc1csc(NN=Cc2c(F)c(Br)cc(C(F)(F)F)c2F)n1. The maximum Gasteiger partial charge on any atom is 0.419 e. The molecule has 0 aliphatic carbocycles. The van der Waals surface area contributed by atoms with E-state index in [1.165, 1.54) is 5.38 Å². The summed E-state index contributed by atoms with van der Waals surface area (Å²) in [4.78, 5) is 15.4. The zero-order chi connectivity index (χ0) is 20.2. The zero-order valence-electron chi connectivity index (χ0n) is 13.5. The lowest BCUT2D eigenvalue weighted by molar-refractivity contribution is -0.142. The molecule has 27 heavy (non-hydrogen) atoms. The standard InChI is InChI=1S/C15H11BrF5N3O2S/c1-2-26-11(25)3-7-6-27-14(23-7)24-22-5-8-12(17)9(15(19,20)21)4-10(16)13(8)18/h4-6H,2-3H2,1H3,(H,23,24). The van der Waals surface area contributed by atoms with E-state index in [1.807, 2.05) is 0 Å². The number of carbonyl (C=O) groups is 1. The van der Waals surface area contributed by atoms with Gasteiger partial charge in [-0.15, -0.1) is 11.3 Å². The second kappa shape index (κ2) is 8.74. The summed E-state index contributed by atoms with van der Waals surface area (Å²) in [5.41, 5.74) is 0.143. The van der Waals surface area contributed by atoms with Gasteiger partial charge in [0.2, 0.25) is 5.13 Å². The highest BCUT2D eigenvalue weighted by molar-refractivity contribution is 9.10. The molecule has 0 amide bonds. The highest BCUT2D eigenvalue weighted by atomic mass is 79.9. The summed E-state index contributed by atoms with van der Waals surface area (Å²) < 4.78 is 70.5. The highest BCUT2D eigenvalue weighted by Gasteiger charge is 2.36. The van der Waals surface area contributed by atoms with Gasteiger partial charge in [0.25, 0.3) is 0 Å². The summed E-state index contributed by atoms with van der Waals surface area (Å²) in [6, 6.07) is 0.317.